The standard InChI is InChI=1S/C13H27N3O2/c1-16(2)13(18)9-7-11-15-12(17)8-5-3-4-6-10-14/h3-11,14H2,1-2H3,(H,15,17). The molecule has 0 aromatic heterocycles. The molecule has 18 heavy (non-hydrogen) atoms. The minimum atomic E-state index is 0.0834. The number of amides is 2. The quantitative estimate of drug-likeness (QED) is 0.570. The van der Waals surface area contributed by atoms with Crippen molar-refractivity contribution in [3.8, 4) is 0 Å². The molecule has 0 aromatic rings. The van der Waals surface area contributed by atoms with Gasteiger partial charge in [-0.25, -0.2) is 0 Å². The van der Waals surface area contributed by atoms with Gasteiger partial charge in [0.05, 0.1) is 0 Å². The zero-order valence-electron chi connectivity index (χ0n) is 11.7. The van der Waals surface area contributed by atoms with E-state index in [0.29, 0.717) is 25.8 Å². The molecule has 0 atom stereocenters. The highest BCUT2D eigenvalue weighted by Gasteiger charge is 2.04. The van der Waals surface area contributed by atoms with Crippen LogP contribution in [0.5, 0.6) is 0 Å². The number of nitrogens with one attached hydrogen (secondary N) is 1. The second kappa shape index (κ2) is 11.0. The summed E-state index contributed by atoms with van der Waals surface area (Å²) in [4.78, 5) is 24.3. The number of unbranched alkanes of at least 4 members (excludes halogenated alkanes) is 3. The normalized spacial score (nSPS) is 10.2. The van der Waals surface area contributed by atoms with Crippen LogP contribution in [0, 0.1) is 0 Å². The molecule has 0 fully saturated rings. The Morgan fingerprint density at radius 2 is 1.67 bits per heavy atom. The van der Waals surface area contributed by atoms with Crippen LogP contribution in [-0.2, 0) is 9.59 Å². The number of rotatable bonds is 10. The van der Waals surface area contributed by atoms with Gasteiger partial charge >= 0.3 is 0 Å². The summed E-state index contributed by atoms with van der Waals surface area (Å²) >= 11 is 0. The van der Waals surface area contributed by atoms with Crippen LogP contribution in [0.25, 0.3) is 0 Å². The van der Waals surface area contributed by atoms with Crippen molar-refractivity contribution in [3.05, 3.63) is 0 Å². The summed E-state index contributed by atoms with van der Waals surface area (Å²) < 4.78 is 0. The fourth-order valence-corrected chi connectivity index (χ4v) is 1.56. The molecule has 0 aliphatic rings. The lowest BCUT2D eigenvalue weighted by Gasteiger charge is -2.10. The molecule has 3 N–H and O–H groups in total. The van der Waals surface area contributed by atoms with Crippen molar-refractivity contribution in [3.63, 3.8) is 0 Å². The Bertz CT molecular complexity index is 242. The number of hydrogen-bond donors (Lipinski definition) is 2. The van der Waals surface area contributed by atoms with E-state index in [2.05, 4.69) is 5.32 Å². The van der Waals surface area contributed by atoms with Gasteiger partial charge in [-0.2, -0.15) is 0 Å². The highest BCUT2D eigenvalue weighted by atomic mass is 16.2. The summed E-state index contributed by atoms with van der Waals surface area (Å²) in [5, 5.41) is 2.83. The van der Waals surface area contributed by atoms with Crippen molar-refractivity contribution < 1.29 is 9.59 Å². The first-order chi connectivity index (χ1) is 8.57. The van der Waals surface area contributed by atoms with E-state index in [4.69, 9.17) is 5.73 Å². The SMILES string of the molecule is CN(C)C(=O)CCCNC(=O)CCCCCCN. The number of carbonyl (C=O) groups excluding carboxylic acids is 2. The molecule has 0 bridgehead atoms. The van der Waals surface area contributed by atoms with Crippen LogP contribution < -0.4 is 11.1 Å². The summed E-state index contributed by atoms with van der Waals surface area (Å²) in [5.41, 5.74) is 5.39. The van der Waals surface area contributed by atoms with Gasteiger partial charge in [-0.3, -0.25) is 9.59 Å². The van der Waals surface area contributed by atoms with Gasteiger partial charge in [0.25, 0.3) is 0 Å². The van der Waals surface area contributed by atoms with E-state index in [1.165, 1.54) is 0 Å². The number of hydrogen-bond acceptors (Lipinski definition) is 3. The molecule has 0 unspecified atom stereocenters. The highest BCUT2D eigenvalue weighted by Crippen LogP contribution is 2.02. The smallest absolute Gasteiger partial charge is 0.222 e. The van der Waals surface area contributed by atoms with Gasteiger partial charge in [-0.15, -0.1) is 0 Å². The Kier molecular flexibility index (Phi) is 10.3. The molecule has 0 aliphatic carbocycles. The Balaban J connectivity index is 3.34. The number of nitrogens with zero attached hydrogens (tertiary/aromatic N) is 1. The molecule has 106 valence electrons. The van der Waals surface area contributed by atoms with Crippen molar-refractivity contribution in [1.82, 2.24) is 10.2 Å². The van der Waals surface area contributed by atoms with E-state index >= 15 is 0 Å². The Labute approximate surface area is 110 Å². The third kappa shape index (κ3) is 10.1. The van der Waals surface area contributed by atoms with Gasteiger partial charge in [0, 0.05) is 33.5 Å². The highest BCUT2D eigenvalue weighted by molar-refractivity contribution is 5.76. The second-order valence-electron chi connectivity index (χ2n) is 4.69. The van der Waals surface area contributed by atoms with Gasteiger partial charge in [0.15, 0.2) is 0 Å². The zero-order chi connectivity index (χ0) is 13.8. The maximum absolute atomic E-state index is 11.4. The molecule has 0 aromatic carbocycles. The van der Waals surface area contributed by atoms with E-state index in [1.54, 1.807) is 19.0 Å². The molecule has 0 rings (SSSR count). The van der Waals surface area contributed by atoms with Crippen LogP contribution in [0.15, 0.2) is 0 Å². The summed E-state index contributed by atoms with van der Waals surface area (Å²) in [5.74, 6) is 0.186. The van der Waals surface area contributed by atoms with Crippen molar-refractivity contribution in [2.75, 3.05) is 27.2 Å². The minimum absolute atomic E-state index is 0.0834. The molecule has 0 radical (unpaired) electrons. The molecular formula is C13H27N3O2. The lowest BCUT2D eigenvalue weighted by molar-refractivity contribution is -0.129. The van der Waals surface area contributed by atoms with Crippen LogP contribution in [0.1, 0.15) is 44.9 Å². The first kappa shape index (κ1) is 16.9. The molecule has 0 heterocycles. The maximum Gasteiger partial charge on any atom is 0.222 e. The van der Waals surface area contributed by atoms with Gasteiger partial charge in [-0.1, -0.05) is 12.8 Å². The third-order valence-corrected chi connectivity index (χ3v) is 2.75. The van der Waals surface area contributed by atoms with Crippen LogP contribution in [0.3, 0.4) is 0 Å². The van der Waals surface area contributed by atoms with Crippen molar-refractivity contribution in [2.45, 2.75) is 44.9 Å². The number of carbonyl (C=O) groups is 2. The topological polar surface area (TPSA) is 75.4 Å². The first-order valence-corrected chi connectivity index (χ1v) is 6.75. The average molecular weight is 257 g/mol. The molecule has 2 amide bonds. The summed E-state index contributed by atoms with van der Waals surface area (Å²) in [6.45, 7) is 1.31. The second-order valence-corrected chi connectivity index (χ2v) is 4.69. The fourth-order valence-electron chi connectivity index (χ4n) is 1.56. The monoisotopic (exact) mass is 257 g/mol. The van der Waals surface area contributed by atoms with Crippen LogP contribution in [-0.4, -0.2) is 43.9 Å². The predicted octanol–water partition coefficient (Wildman–Crippen LogP) is 0.880. The zero-order valence-corrected chi connectivity index (χ0v) is 11.7. The van der Waals surface area contributed by atoms with Gasteiger partial charge in [0.2, 0.25) is 11.8 Å². The predicted molar refractivity (Wildman–Crippen MR) is 73.1 cm³/mol. The molecule has 0 saturated carbocycles. The Morgan fingerprint density at radius 1 is 1.00 bits per heavy atom. The summed E-state index contributed by atoms with van der Waals surface area (Å²) in [7, 11) is 3.48. The van der Waals surface area contributed by atoms with Gasteiger partial charge in [-0.05, 0) is 25.8 Å². The van der Waals surface area contributed by atoms with Gasteiger partial charge in [0.1, 0.15) is 0 Å². The fraction of sp³-hybridized carbons (Fsp3) is 0.846. The molecule has 5 nitrogen and oxygen atoms in total. The lowest BCUT2D eigenvalue weighted by Crippen LogP contribution is -2.26. The molecule has 0 aliphatic heterocycles. The summed E-state index contributed by atoms with van der Waals surface area (Å²) in [6, 6.07) is 0. The lowest BCUT2D eigenvalue weighted by atomic mass is 10.1. The van der Waals surface area contributed by atoms with Crippen LogP contribution >= 0.6 is 0 Å². The Morgan fingerprint density at radius 3 is 2.28 bits per heavy atom. The van der Waals surface area contributed by atoms with Crippen molar-refractivity contribution in [2.24, 2.45) is 5.73 Å². The average Bonchev–Trinajstić information content (AvgIpc) is 2.34. The van der Waals surface area contributed by atoms with E-state index in [9.17, 15) is 9.59 Å². The first-order valence-electron chi connectivity index (χ1n) is 6.75. The maximum atomic E-state index is 11.4. The van der Waals surface area contributed by atoms with E-state index < -0.39 is 0 Å². The largest absolute Gasteiger partial charge is 0.356 e. The third-order valence-electron chi connectivity index (χ3n) is 2.75. The minimum Gasteiger partial charge on any atom is -0.356 e. The van der Waals surface area contributed by atoms with E-state index in [1.807, 2.05) is 0 Å². The molecule has 5 heteroatoms. The summed E-state index contributed by atoms with van der Waals surface area (Å²) in [6.07, 6.45) is 5.88. The van der Waals surface area contributed by atoms with Crippen molar-refractivity contribution >= 4 is 11.8 Å². The Hall–Kier alpha value is -1.10. The molecular weight excluding hydrogens is 230 g/mol. The van der Waals surface area contributed by atoms with E-state index in [-0.39, 0.29) is 11.8 Å². The molecule has 0 spiro atoms. The van der Waals surface area contributed by atoms with Gasteiger partial charge < -0.3 is 16.0 Å². The van der Waals surface area contributed by atoms with Crippen LogP contribution in [0.2, 0.25) is 0 Å². The number of nitrogens with two attached hydrogens (primary N) is 1. The molecule has 0 saturated heterocycles. The van der Waals surface area contributed by atoms with E-state index in [0.717, 1.165) is 32.2 Å². The van der Waals surface area contributed by atoms with Crippen LogP contribution in [0.4, 0.5) is 0 Å². The van der Waals surface area contributed by atoms with Crippen molar-refractivity contribution in [1.29, 1.82) is 0 Å².